The molecule has 0 aliphatic carbocycles. The van der Waals surface area contributed by atoms with Crippen LogP contribution < -0.4 is 21.3 Å². The summed E-state index contributed by atoms with van der Waals surface area (Å²) in [5.41, 5.74) is 6.86. The van der Waals surface area contributed by atoms with E-state index in [0.717, 1.165) is 44.1 Å². The van der Waals surface area contributed by atoms with Crippen LogP contribution in [0.3, 0.4) is 0 Å². The quantitative estimate of drug-likeness (QED) is 0.191. The highest BCUT2D eigenvalue weighted by atomic mass is 35.5. The highest BCUT2D eigenvalue weighted by Gasteiger charge is 2.20. The summed E-state index contributed by atoms with van der Waals surface area (Å²) < 4.78 is 16.5. The van der Waals surface area contributed by atoms with E-state index in [-0.39, 0.29) is 5.91 Å². The number of thiazole rings is 1. The number of hydrogen-bond donors (Lipinski definition) is 3. The van der Waals surface area contributed by atoms with Crippen LogP contribution in [0.2, 0.25) is 5.02 Å². The van der Waals surface area contributed by atoms with Gasteiger partial charge >= 0.3 is 0 Å². The molecule has 14 heteroatoms. The SMILES string of the molecule is CC.Cc1nc(Nc2ncc(C(=O)Nc3c(C)cccc3Cl)s2)cc(N2CCN(CCOCCOCCOCCN)CC2)n1. The van der Waals surface area contributed by atoms with Crippen molar-refractivity contribution >= 4 is 51.3 Å². The normalized spacial score (nSPS) is 13.4. The number of nitrogens with one attached hydrogen (secondary N) is 2. The largest absolute Gasteiger partial charge is 0.378 e. The average Bonchev–Trinajstić information content (AvgIpc) is 3.49. The molecule has 242 valence electrons. The zero-order valence-corrected chi connectivity index (χ0v) is 27.7. The van der Waals surface area contributed by atoms with Gasteiger partial charge in [0, 0.05) is 45.3 Å². The number of carbonyl (C=O) groups excluding carboxylic acids is 1. The molecule has 1 fully saturated rings. The van der Waals surface area contributed by atoms with E-state index in [1.807, 2.05) is 45.9 Å². The van der Waals surface area contributed by atoms with Gasteiger partial charge < -0.3 is 35.5 Å². The number of aryl methyl sites for hydroxylation is 2. The van der Waals surface area contributed by atoms with Crippen LogP contribution in [0.1, 0.15) is 34.9 Å². The monoisotopic (exact) mass is 648 g/mol. The van der Waals surface area contributed by atoms with Crippen LogP contribution in [0.5, 0.6) is 0 Å². The summed E-state index contributed by atoms with van der Waals surface area (Å²) in [5, 5.41) is 7.17. The summed E-state index contributed by atoms with van der Waals surface area (Å²) in [6, 6.07) is 7.41. The van der Waals surface area contributed by atoms with Gasteiger partial charge in [0.1, 0.15) is 22.3 Å². The molecule has 0 radical (unpaired) electrons. The van der Waals surface area contributed by atoms with Crippen molar-refractivity contribution in [1.82, 2.24) is 19.9 Å². The number of nitrogens with two attached hydrogens (primary N) is 1. The van der Waals surface area contributed by atoms with E-state index >= 15 is 0 Å². The number of aromatic nitrogens is 3. The minimum atomic E-state index is -0.267. The maximum absolute atomic E-state index is 12.8. The fourth-order valence-electron chi connectivity index (χ4n) is 4.31. The molecule has 1 saturated heterocycles. The summed E-state index contributed by atoms with van der Waals surface area (Å²) in [6.45, 7) is 16.2. The molecular weight excluding hydrogens is 604 g/mol. The van der Waals surface area contributed by atoms with Gasteiger partial charge in [-0.1, -0.05) is 48.9 Å². The van der Waals surface area contributed by atoms with E-state index in [0.29, 0.717) is 78.5 Å². The molecule has 12 nitrogen and oxygen atoms in total. The first-order chi connectivity index (χ1) is 21.4. The number of benzene rings is 1. The van der Waals surface area contributed by atoms with Crippen LogP contribution in [-0.2, 0) is 14.2 Å². The van der Waals surface area contributed by atoms with Gasteiger partial charge in [-0.15, -0.1) is 0 Å². The summed E-state index contributed by atoms with van der Waals surface area (Å²) in [6.07, 6.45) is 1.54. The van der Waals surface area contributed by atoms with Gasteiger partial charge in [-0.2, -0.15) is 0 Å². The number of ether oxygens (including phenoxy) is 3. The minimum Gasteiger partial charge on any atom is -0.378 e. The fraction of sp³-hybridized carbons (Fsp3) is 0.533. The van der Waals surface area contributed by atoms with Gasteiger partial charge in [0.25, 0.3) is 5.91 Å². The van der Waals surface area contributed by atoms with Crippen LogP contribution >= 0.6 is 22.9 Å². The maximum atomic E-state index is 12.8. The number of amides is 1. The summed E-state index contributed by atoms with van der Waals surface area (Å²) in [5.74, 6) is 1.88. The molecule has 0 atom stereocenters. The third kappa shape index (κ3) is 11.5. The molecule has 3 heterocycles. The van der Waals surface area contributed by atoms with Gasteiger partial charge in [-0.3, -0.25) is 9.69 Å². The lowest BCUT2D eigenvalue weighted by molar-refractivity contribution is 0.0116. The smallest absolute Gasteiger partial charge is 0.267 e. The predicted molar refractivity (Wildman–Crippen MR) is 178 cm³/mol. The standard InChI is InChI=1S/C28H39ClN8O4S.C2H6/c1-20-4-3-5-22(29)26(20)35-27(38)23-19-31-28(42-23)34-24-18-25(33-21(2)32-24)37-9-7-36(8-10-37)11-13-40-15-17-41-16-14-39-12-6-30;1-2/h3-5,18-19H,6-17,30H2,1-2H3,(H,35,38)(H,31,32,33,34);1-2H3. The number of hydrogen-bond acceptors (Lipinski definition) is 12. The second kappa shape index (κ2) is 19.5. The lowest BCUT2D eigenvalue weighted by Gasteiger charge is -2.35. The predicted octanol–water partition coefficient (Wildman–Crippen LogP) is 4.36. The van der Waals surface area contributed by atoms with Crippen LogP contribution in [0.15, 0.2) is 30.5 Å². The van der Waals surface area contributed by atoms with Crippen molar-refractivity contribution in [3.8, 4) is 0 Å². The summed E-state index contributed by atoms with van der Waals surface area (Å²) in [4.78, 5) is 31.5. The molecule has 1 aliphatic heterocycles. The second-order valence-corrected chi connectivity index (χ2v) is 11.1. The zero-order valence-electron chi connectivity index (χ0n) is 26.1. The molecule has 1 aromatic carbocycles. The Morgan fingerprint density at radius 3 is 2.36 bits per heavy atom. The lowest BCUT2D eigenvalue weighted by atomic mass is 10.2. The maximum Gasteiger partial charge on any atom is 0.267 e. The Morgan fingerprint density at radius 1 is 1.00 bits per heavy atom. The molecule has 2 aromatic heterocycles. The minimum absolute atomic E-state index is 0.267. The highest BCUT2D eigenvalue weighted by molar-refractivity contribution is 7.17. The van der Waals surface area contributed by atoms with Crippen LogP contribution in [0.4, 0.5) is 22.5 Å². The molecule has 0 bridgehead atoms. The Labute approximate surface area is 269 Å². The molecule has 3 aromatic rings. The van der Waals surface area contributed by atoms with E-state index in [1.54, 1.807) is 12.3 Å². The molecule has 0 saturated carbocycles. The third-order valence-corrected chi connectivity index (χ3v) is 7.73. The van der Waals surface area contributed by atoms with Crippen molar-refractivity contribution in [3.05, 3.63) is 51.7 Å². The van der Waals surface area contributed by atoms with E-state index in [2.05, 4.69) is 35.4 Å². The Balaban J connectivity index is 0.00000259. The van der Waals surface area contributed by atoms with Gasteiger partial charge in [0.15, 0.2) is 5.13 Å². The van der Waals surface area contributed by atoms with Gasteiger partial charge in [-0.25, -0.2) is 15.0 Å². The molecule has 4 rings (SSSR count). The topological polar surface area (TPSA) is 140 Å². The number of piperazine rings is 1. The molecule has 0 spiro atoms. The van der Waals surface area contributed by atoms with Crippen LogP contribution in [0, 0.1) is 13.8 Å². The lowest BCUT2D eigenvalue weighted by Crippen LogP contribution is -2.47. The van der Waals surface area contributed by atoms with Crippen LogP contribution in [0.25, 0.3) is 0 Å². The second-order valence-electron chi connectivity index (χ2n) is 9.65. The number of anilines is 4. The number of para-hydroxylation sites is 1. The summed E-state index contributed by atoms with van der Waals surface area (Å²) in [7, 11) is 0. The Hall–Kier alpha value is -2.91. The van der Waals surface area contributed by atoms with Gasteiger partial charge in [-0.05, 0) is 25.5 Å². The Bertz CT molecular complexity index is 1270. The van der Waals surface area contributed by atoms with Gasteiger partial charge in [0.2, 0.25) is 0 Å². The summed E-state index contributed by atoms with van der Waals surface area (Å²) >= 11 is 7.50. The number of carbonyl (C=O) groups is 1. The molecule has 0 unspecified atom stereocenters. The molecule has 4 N–H and O–H groups in total. The molecule has 1 aliphatic rings. The first-order valence-electron chi connectivity index (χ1n) is 15.0. The number of rotatable bonds is 16. The van der Waals surface area contributed by atoms with Crippen molar-refractivity contribution in [2.24, 2.45) is 5.73 Å². The Morgan fingerprint density at radius 2 is 1.68 bits per heavy atom. The van der Waals surface area contributed by atoms with Gasteiger partial charge in [0.05, 0.1) is 56.5 Å². The third-order valence-electron chi connectivity index (χ3n) is 6.50. The molecular formula is C30H45ClN8O4S. The zero-order chi connectivity index (χ0) is 31.7. The average molecular weight is 649 g/mol. The van der Waals surface area contributed by atoms with Crippen LogP contribution in [-0.4, -0.2) is 105 Å². The van der Waals surface area contributed by atoms with E-state index in [9.17, 15) is 4.79 Å². The van der Waals surface area contributed by atoms with E-state index in [4.69, 9.17) is 31.5 Å². The van der Waals surface area contributed by atoms with Crippen molar-refractivity contribution in [2.75, 3.05) is 94.4 Å². The van der Waals surface area contributed by atoms with E-state index in [1.165, 1.54) is 11.3 Å². The highest BCUT2D eigenvalue weighted by Crippen LogP contribution is 2.28. The first-order valence-corrected chi connectivity index (χ1v) is 16.2. The molecule has 44 heavy (non-hydrogen) atoms. The number of halogens is 1. The van der Waals surface area contributed by atoms with Crippen molar-refractivity contribution in [3.63, 3.8) is 0 Å². The Kier molecular flexibility index (Phi) is 15.7. The van der Waals surface area contributed by atoms with E-state index < -0.39 is 0 Å². The number of nitrogens with zero attached hydrogens (tertiary/aromatic N) is 5. The molecule has 1 amide bonds. The fourth-order valence-corrected chi connectivity index (χ4v) is 5.30. The van der Waals surface area contributed by atoms with Crippen molar-refractivity contribution < 1.29 is 19.0 Å². The first kappa shape index (κ1) is 35.6. The van der Waals surface area contributed by atoms with Crippen molar-refractivity contribution in [2.45, 2.75) is 27.7 Å². The van der Waals surface area contributed by atoms with Crippen molar-refractivity contribution in [1.29, 1.82) is 0 Å².